The minimum absolute atomic E-state index is 0.211. The molecular formula is C16H13N3O3. The summed E-state index contributed by atoms with van der Waals surface area (Å²) in [6.45, 7) is 0.536. The number of benzene rings is 2. The molecule has 0 aliphatic carbocycles. The maximum atomic E-state index is 12.2. The molecule has 0 saturated carbocycles. The number of ether oxygens (including phenoxy) is 2. The molecule has 1 heterocycles. The molecule has 0 unspecified atom stereocenters. The fourth-order valence-electron chi connectivity index (χ4n) is 2.15. The molecule has 0 spiro atoms. The second kappa shape index (κ2) is 5.66. The van der Waals surface area contributed by atoms with E-state index in [1.54, 1.807) is 18.2 Å². The predicted octanol–water partition coefficient (Wildman–Crippen LogP) is 1.80. The number of nitrogens with two attached hydrogens (primary N) is 1. The summed E-state index contributed by atoms with van der Waals surface area (Å²) >= 11 is 0. The summed E-state index contributed by atoms with van der Waals surface area (Å²) in [6.07, 6.45) is 0. The summed E-state index contributed by atoms with van der Waals surface area (Å²) in [6, 6.07) is 12.1. The van der Waals surface area contributed by atoms with Crippen molar-refractivity contribution in [2.75, 3.05) is 12.5 Å². The van der Waals surface area contributed by atoms with Crippen molar-refractivity contribution in [2.45, 2.75) is 6.54 Å². The Morgan fingerprint density at radius 3 is 2.86 bits per heavy atom. The third-order valence-electron chi connectivity index (χ3n) is 3.32. The molecule has 0 aromatic heterocycles. The van der Waals surface area contributed by atoms with E-state index in [0.29, 0.717) is 34.9 Å². The molecule has 6 nitrogen and oxygen atoms in total. The van der Waals surface area contributed by atoms with Gasteiger partial charge in [-0.25, -0.2) is 0 Å². The molecule has 0 fully saturated rings. The van der Waals surface area contributed by atoms with Crippen molar-refractivity contribution in [3.05, 3.63) is 53.1 Å². The zero-order valence-electron chi connectivity index (χ0n) is 11.6. The van der Waals surface area contributed by atoms with E-state index in [1.807, 2.05) is 18.2 Å². The summed E-state index contributed by atoms with van der Waals surface area (Å²) < 4.78 is 10.5. The minimum atomic E-state index is -0.327. The third kappa shape index (κ3) is 2.65. The predicted molar refractivity (Wildman–Crippen MR) is 79.3 cm³/mol. The molecule has 1 aliphatic heterocycles. The Morgan fingerprint density at radius 1 is 1.23 bits per heavy atom. The molecule has 1 aliphatic rings. The maximum Gasteiger partial charge on any atom is 0.253 e. The van der Waals surface area contributed by atoms with Gasteiger partial charge in [-0.15, -0.1) is 0 Å². The van der Waals surface area contributed by atoms with Crippen LogP contribution in [0, 0.1) is 11.3 Å². The summed E-state index contributed by atoms with van der Waals surface area (Å²) in [5, 5.41) is 11.7. The second-order valence-corrected chi connectivity index (χ2v) is 4.78. The van der Waals surface area contributed by atoms with Gasteiger partial charge >= 0.3 is 0 Å². The van der Waals surface area contributed by atoms with Crippen LogP contribution in [0.5, 0.6) is 11.5 Å². The van der Waals surface area contributed by atoms with Crippen molar-refractivity contribution in [3.8, 4) is 17.6 Å². The molecule has 6 heteroatoms. The smallest absolute Gasteiger partial charge is 0.253 e. The van der Waals surface area contributed by atoms with Gasteiger partial charge in [-0.3, -0.25) is 4.79 Å². The van der Waals surface area contributed by atoms with Crippen LogP contribution in [-0.2, 0) is 6.54 Å². The number of amides is 1. The van der Waals surface area contributed by atoms with Gasteiger partial charge in [0.15, 0.2) is 11.5 Å². The van der Waals surface area contributed by atoms with Crippen LogP contribution in [-0.4, -0.2) is 12.7 Å². The average Bonchev–Trinajstić information content (AvgIpc) is 3.00. The molecule has 0 saturated heterocycles. The van der Waals surface area contributed by atoms with Gasteiger partial charge in [0.25, 0.3) is 5.91 Å². The maximum absolute atomic E-state index is 12.2. The highest BCUT2D eigenvalue weighted by Crippen LogP contribution is 2.32. The number of nitrogen functional groups attached to an aromatic ring is 1. The van der Waals surface area contributed by atoms with Gasteiger partial charge in [0, 0.05) is 12.2 Å². The number of hydrogen-bond donors (Lipinski definition) is 2. The molecular weight excluding hydrogens is 282 g/mol. The summed E-state index contributed by atoms with van der Waals surface area (Å²) in [5.41, 5.74) is 7.68. The quantitative estimate of drug-likeness (QED) is 0.841. The fraction of sp³-hybridized carbons (Fsp3) is 0.125. The molecule has 0 bridgehead atoms. The lowest BCUT2D eigenvalue weighted by Crippen LogP contribution is -2.23. The van der Waals surface area contributed by atoms with Crippen LogP contribution in [0.15, 0.2) is 36.4 Å². The van der Waals surface area contributed by atoms with E-state index in [1.165, 1.54) is 6.07 Å². The largest absolute Gasteiger partial charge is 0.454 e. The van der Waals surface area contributed by atoms with E-state index in [9.17, 15) is 4.79 Å². The zero-order chi connectivity index (χ0) is 15.5. The third-order valence-corrected chi connectivity index (χ3v) is 3.32. The number of nitrogens with one attached hydrogen (secondary N) is 1. The van der Waals surface area contributed by atoms with E-state index in [0.717, 1.165) is 5.56 Å². The van der Waals surface area contributed by atoms with Crippen LogP contribution in [0.2, 0.25) is 0 Å². The molecule has 3 rings (SSSR count). The van der Waals surface area contributed by atoms with Crippen LogP contribution in [0.1, 0.15) is 21.5 Å². The van der Waals surface area contributed by atoms with Crippen LogP contribution in [0.25, 0.3) is 0 Å². The number of nitrogens with zero attached hydrogens (tertiary/aromatic N) is 1. The van der Waals surface area contributed by atoms with Gasteiger partial charge in [-0.2, -0.15) is 5.26 Å². The van der Waals surface area contributed by atoms with Crippen molar-refractivity contribution in [2.24, 2.45) is 0 Å². The Hall–Kier alpha value is -3.20. The Bertz CT molecular complexity index is 781. The molecule has 3 N–H and O–H groups in total. The van der Waals surface area contributed by atoms with E-state index in [2.05, 4.69) is 5.32 Å². The number of rotatable bonds is 3. The number of carbonyl (C=O) groups excluding carboxylic acids is 1. The van der Waals surface area contributed by atoms with Gasteiger partial charge in [-0.1, -0.05) is 6.07 Å². The summed E-state index contributed by atoms with van der Waals surface area (Å²) in [7, 11) is 0. The SMILES string of the molecule is N#Cc1ccc(N)c(C(=O)NCc2ccc3c(c2)OCO3)c1. The first-order valence-electron chi connectivity index (χ1n) is 6.64. The molecule has 0 radical (unpaired) electrons. The van der Waals surface area contributed by atoms with Gasteiger partial charge in [0.2, 0.25) is 6.79 Å². The average molecular weight is 295 g/mol. The lowest BCUT2D eigenvalue weighted by molar-refractivity contribution is 0.0951. The monoisotopic (exact) mass is 295 g/mol. The summed E-state index contributed by atoms with van der Waals surface area (Å²) in [5.74, 6) is 1.03. The fourth-order valence-corrected chi connectivity index (χ4v) is 2.15. The molecule has 0 atom stereocenters. The molecule has 22 heavy (non-hydrogen) atoms. The first-order valence-corrected chi connectivity index (χ1v) is 6.64. The molecule has 2 aromatic rings. The number of hydrogen-bond acceptors (Lipinski definition) is 5. The van der Waals surface area contributed by atoms with Crippen LogP contribution in [0.3, 0.4) is 0 Å². The summed E-state index contributed by atoms with van der Waals surface area (Å²) in [4.78, 5) is 12.2. The van der Waals surface area contributed by atoms with Gasteiger partial charge in [-0.05, 0) is 35.9 Å². The Morgan fingerprint density at radius 2 is 2.05 bits per heavy atom. The first-order chi connectivity index (χ1) is 10.7. The number of nitriles is 1. The topological polar surface area (TPSA) is 97.4 Å². The van der Waals surface area contributed by atoms with Crippen LogP contribution >= 0.6 is 0 Å². The molecule has 1 amide bonds. The van der Waals surface area contributed by atoms with Gasteiger partial charge < -0.3 is 20.5 Å². The molecule has 2 aromatic carbocycles. The minimum Gasteiger partial charge on any atom is -0.454 e. The highest BCUT2D eigenvalue weighted by atomic mass is 16.7. The second-order valence-electron chi connectivity index (χ2n) is 4.78. The van der Waals surface area contributed by atoms with Crippen molar-refractivity contribution in [1.82, 2.24) is 5.32 Å². The lowest BCUT2D eigenvalue weighted by Gasteiger charge is -2.08. The normalized spacial score (nSPS) is 11.8. The standard InChI is InChI=1S/C16H13N3O3/c17-7-10-1-3-13(18)12(5-10)16(20)19-8-11-2-4-14-15(6-11)22-9-21-14/h1-6H,8-9,18H2,(H,19,20). The Labute approximate surface area is 127 Å². The van der Waals surface area contributed by atoms with Crippen LogP contribution < -0.4 is 20.5 Å². The van der Waals surface area contributed by atoms with E-state index < -0.39 is 0 Å². The van der Waals surface area contributed by atoms with E-state index in [4.69, 9.17) is 20.5 Å². The van der Waals surface area contributed by atoms with Gasteiger partial charge in [0.1, 0.15) is 0 Å². The van der Waals surface area contributed by atoms with Crippen LogP contribution in [0.4, 0.5) is 5.69 Å². The van der Waals surface area contributed by atoms with Crippen molar-refractivity contribution < 1.29 is 14.3 Å². The zero-order valence-corrected chi connectivity index (χ0v) is 11.6. The lowest BCUT2D eigenvalue weighted by atomic mass is 10.1. The van der Waals surface area contributed by atoms with Gasteiger partial charge in [0.05, 0.1) is 17.2 Å². The van der Waals surface area contributed by atoms with E-state index >= 15 is 0 Å². The molecule has 110 valence electrons. The highest BCUT2D eigenvalue weighted by molar-refractivity contribution is 5.99. The Balaban J connectivity index is 1.71. The Kier molecular flexibility index (Phi) is 3.54. The van der Waals surface area contributed by atoms with Crippen molar-refractivity contribution in [3.63, 3.8) is 0 Å². The van der Waals surface area contributed by atoms with Crippen molar-refractivity contribution in [1.29, 1.82) is 5.26 Å². The number of anilines is 1. The van der Waals surface area contributed by atoms with Crippen molar-refractivity contribution >= 4 is 11.6 Å². The number of fused-ring (bicyclic) bond motifs is 1. The number of carbonyl (C=O) groups is 1. The highest BCUT2D eigenvalue weighted by Gasteiger charge is 2.14. The first kappa shape index (κ1) is 13.8. The van der Waals surface area contributed by atoms with E-state index in [-0.39, 0.29) is 12.7 Å².